The van der Waals surface area contributed by atoms with E-state index in [2.05, 4.69) is 3.07 Å². The summed E-state index contributed by atoms with van der Waals surface area (Å²) in [5.74, 6) is 0. The summed E-state index contributed by atoms with van der Waals surface area (Å²) < 4.78 is 82.2. The summed E-state index contributed by atoms with van der Waals surface area (Å²) in [5, 5.41) is 0. The molecule has 0 aromatic heterocycles. The van der Waals surface area contributed by atoms with Gasteiger partial charge in [0.05, 0.1) is 0 Å². The van der Waals surface area contributed by atoms with E-state index < -0.39 is 42.6 Å². The fraction of sp³-hybridized carbons (Fsp3) is 0.400. The van der Waals surface area contributed by atoms with Crippen molar-refractivity contribution in [2.75, 3.05) is 0 Å². The molecule has 19 heavy (non-hydrogen) atoms. The molecule has 1 nitrogen and oxygen atoms in total. The summed E-state index contributed by atoms with van der Waals surface area (Å²) in [6.07, 6.45) is -11.2. The minimum absolute atomic E-state index is 0.161. The van der Waals surface area contributed by atoms with Crippen molar-refractivity contribution in [1.82, 2.24) is 0 Å². The molecular formula is C10H6ClF6IO. The number of benzene rings is 1. The maximum atomic E-state index is 13.0. The van der Waals surface area contributed by atoms with Gasteiger partial charge in [0.15, 0.2) is 0 Å². The molecule has 1 aliphatic heterocycles. The van der Waals surface area contributed by atoms with Crippen LogP contribution in [0.5, 0.6) is 0 Å². The number of fused-ring (bicyclic) bond motifs is 1. The van der Waals surface area contributed by atoms with E-state index in [4.69, 9.17) is 8.91 Å². The van der Waals surface area contributed by atoms with Gasteiger partial charge in [0.25, 0.3) is 0 Å². The molecule has 1 aliphatic rings. The Bertz CT molecular complexity index is 498. The zero-order valence-electron chi connectivity index (χ0n) is 9.16. The Kier molecular flexibility index (Phi) is 3.50. The molecule has 0 radical (unpaired) electrons. The average molecular weight is 417 g/mol. The van der Waals surface area contributed by atoms with E-state index in [1.54, 1.807) is 0 Å². The number of aryl methyl sites for hydroxylation is 1. The second kappa shape index (κ2) is 4.39. The fourth-order valence-corrected chi connectivity index (χ4v) is 6.21. The topological polar surface area (TPSA) is 9.23 Å². The molecule has 0 atom stereocenters. The summed E-state index contributed by atoms with van der Waals surface area (Å²) in [6, 6.07) is 3.44. The van der Waals surface area contributed by atoms with Crippen LogP contribution in [0.15, 0.2) is 18.2 Å². The summed E-state index contributed by atoms with van der Waals surface area (Å²) in [7, 11) is 5.63. The van der Waals surface area contributed by atoms with Crippen LogP contribution in [0, 0.1) is 10.5 Å². The Labute approximate surface area is 115 Å². The first-order chi connectivity index (χ1) is 8.50. The summed E-state index contributed by atoms with van der Waals surface area (Å²) in [4.78, 5) is 0. The third-order valence-electron chi connectivity index (χ3n) is 2.64. The van der Waals surface area contributed by atoms with Gasteiger partial charge in [-0.05, 0) is 0 Å². The van der Waals surface area contributed by atoms with Crippen molar-refractivity contribution >= 4 is 28.0 Å². The Balaban J connectivity index is 2.78. The molecule has 1 heterocycles. The summed E-state index contributed by atoms with van der Waals surface area (Å²) in [6.45, 7) is 1.41. The van der Waals surface area contributed by atoms with Gasteiger partial charge in [-0.15, -0.1) is 0 Å². The van der Waals surface area contributed by atoms with Crippen molar-refractivity contribution in [3.05, 3.63) is 32.9 Å². The third kappa shape index (κ3) is 2.11. The zero-order valence-corrected chi connectivity index (χ0v) is 12.1. The minimum atomic E-state index is -5.62. The molecule has 9 heteroatoms. The Morgan fingerprint density at radius 1 is 1.11 bits per heavy atom. The monoisotopic (exact) mass is 416 g/mol. The molecule has 0 bridgehead atoms. The number of alkyl halides is 6. The van der Waals surface area contributed by atoms with E-state index in [1.165, 1.54) is 19.1 Å². The van der Waals surface area contributed by atoms with Crippen LogP contribution in [-0.4, -0.2) is 12.4 Å². The maximum absolute atomic E-state index is 13.0. The first-order valence-electron chi connectivity index (χ1n) is 4.81. The normalized spacial score (nSPS) is 20.5. The SMILES string of the molecule is Cc1ccc2c(c1)C(C(F)(F)F)(C(F)(F)F)O[125I]2Cl. The molecule has 0 spiro atoms. The molecule has 2 rings (SSSR count). The van der Waals surface area contributed by atoms with Gasteiger partial charge in [0, 0.05) is 0 Å². The number of rotatable bonds is 0. The van der Waals surface area contributed by atoms with E-state index in [1.807, 2.05) is 0 Å². The molecule has 108 valence electrons. The Hall–Kier alpha value is -0.220. The molecule has 0 N–H and O–H groups in total. The van der Waals surface area contributed by atoms with E-state index in [9.17, 15) is 26.3 Å². The molecule has 0 saturated heterocycles. The van der Waals surface area contributed by atoms with Gasteiger partial charge in [-0.1, -0.05) is 0 Å². The van der Waals surface area contributed by atoms with Crippen molar-refractivity contribution in [3.63, 3.8) is 0 Å². The Morgan fingerprint density at radius 2 is 1.63 bits per heavy atom. The second-order valence-electron chi connectivity index (χ2n) is 3.94. The molecule has 1 aromatic rings. The predicted octanol–water partition coefficient (Wildman–Crippen LogP) is 5.09. The fourth-order valence-electron chi connectivity index (χ4n) is 1.78. The van der Waals surface area contributed by atoms with Crippen LogP contribution in [0.3, 0.4) is 0 Å². The first-order valence-corrected chi connectivity index (χ1v) is 9.50. The summed E-state index contributed by atoms with van der Waals surface area (Å²) >= 11 is -3.45. The molecule has 0 fully saturated rings. The quantitative estimate of drug-likeness (QED) is 0.423. The van der Waals surface area contributed by atoms with Crippen LogP contribution in [0.1, 0.15) is 11.1 Å². The van der Waals surface area contributed by atoms with Crippen molar-refractivity contribution < 1.29 is 29.4 Å². The van der Waals surface area contributed by atoms with Gasteiger partial charge in [0.2, 0.25) is 0 Å². The first kappa shape index (κ1) is 15.2. The Morgan fingerprint density at radius 3 is 2.11 bits per heavy atom. The predicted molar refractivity (Wildman–Crippen MR) is 64.6 cm³/mol. The van der Waals surface area contributed by atoms with Gasteiger partial charge >= 0.3 is 115 Å². The van der Waals surface area contributed by atoms with E-state index in [-0.39, 0.29) is 9.13 Å². The van der Waals surface area contributed by atoms with Crippen molar-refractivity contribution in [3.8, 4) is 0 Å². The van der Waals surface area contributed by atoms with Gasteiger partial charge in [0.1, 0.15) is 0 Å². The number of hydrogen-bond donors (Lipinski definition) is 0. The van der Waals surface area contributed by atoms with Crippen LogP contribution in [0.2, 0.25) is 0 Å². The van der Waals surface area contributed by atoms with E-state index in [0.29, 0.717) is 0 Å². The molecular weight excluding hydrogens is 410 g/mol. The number of halogens is 8. The van der Waals surface area contributed by atoms with E-state index in [0.717, 1.165) is 6.07 Å². The van der Waals surface area contributed by atoms with Gasteiger partial charge in [-0.2, -0.15) is 0 Å². The van der Waals surface area contributed by atoms with Crippen molar-refractivity contribution in [2.24, 2.45) is 0 Å². The van der Waals surface area contributed by atoms with Gasteiger partial charge in [-0.25, -0.2) is 0 Å². The molecule has 1 aromatic carbocycles. The van der Waals surface area contributed by atoms with Crippen molar-refractivity contribution in [2.45, 2.75) is 24.9 Å². The molecule has 0 saturated carbocycles. The van der Waals surface area contributed by atoms with Crippen LogP contribution in [-0.2, 0) is 8.67 Å². The van der Waals surface area contributed by atoms with Gasteiger partial charge in [-0.3, -0.25) is 0 Å². The van der Waals surface area contributed by atoms with Crippen molar-refractivity contribution in [1.29, 1.82) is 0 Å². The van der Waals surface area contributed by atoms with Crippen LogP contribution in [0.25, 0.3) is 0 Å². The van der Waals surface area contributed by atoms with E-state index >= 15 is 0 Å². The number of hydrogen-bond acceptors (Lipinski definition) is 1. The third-order valence-corrected chi connectivity index (χ3v) is 6.97. The van der Waals surface area contributed by atoms with Crippen LogP contribution in [0.4, 0.5) is 26.3 Å². The zero-order chi connectivity index (χ0) is 14.6. The molecule has 0 aliphatic carbocycles. The molecule has 0 amide bonds. The summed E-state index contributed by atoms with van der Waals surface area (Å²) in [5.41, 5.74) is -4.94. The van der Waals surface area contributed by atoms with Crippen LogP contribution >= 0.6 is 28.0 Å². The standard InChI is InChI=1S/C10H6ClF6IO/c1-5-2-3-7-6(4-5)8(9(12,13)14,10(15,16)17)19-18(7)11/h2-4H,1H3/i18-2. The second-order valence-corrected chi connectivity index (χ2v) is 8.47. The average Bonchev–Trinajstić information content (AvgIpc) is 2.51. The van der Waals surface area contributed by atoms with Gasteiger partial charge < -0.3 is 0 Å². The van der Waals surface area contributed by atoms with Crippen LogP contribution < -0.4 is 0 Å². The molecule has 0 unspecified atom stereocenters.